The van der Waals surface area contributed by atoms with E-state index in [4.69, 9.17) is 0 Å². The number of hydrogen-bond donors (Lipinski definition) is 1. The second-order valence-corrected chi connectivity index (χ2v) is 6.53. The fourth-order valence-electron chi connectivity index (χ4n) is 2.87. The van der Waals surface area contributed by atoms with E-state index in [9.17, 15) is 26.7 Å². The molecule has 2 fully saturated rings. The van der Waals surface area contributed by atoms with Crippen LogP contribution in [0.4, 0.5) is 22.0 Å². The minimum Gasteiger partial charge on any atom is -0.346 e. The van der Waals surface area contributed by atoms with Gasteiger partial charge in [-0.05, 0) is 44.5 Å². The Morgan fingerprint density at radius 1 is 1.12 bits per heavy atom. The number of nitrogens with one attached hydrogen (secondary N) is 1. The fourth-order valence-corrected chi connectivity index (χ4v) is 2.87. The summed E-state index contributed by atoms with van der Waals surface area (Å²) in [5.41, 5.74) is -5.92. The first-order valence-electron chi connectivity index (χ1n) is 7.73. The molecule has 3 rings (SSSR count). The van der Waals surface area contributed by atoms with E-state index in [1.807, 2.05) is 4.90 Å². The first kappa shape index (κ1) is 17.1. The maximum absolute atomic E-state index is 14.9. The Balaban J connectivity index is 1.83. The predicted molar refractivity (Wildman–Crippen MR) is 76.4 cm³/mol. The van der Waals surface area contributed by atoms with Crippen molar-refractivity contribution >= 4 is 5.91 Å². The van der Waals surface area contributed by atoms with Crippen molar-refractivity contribution in [2.75, 3.05) is 19.6 Å². The van der Waals surface area contributed by atoms with E-state index >= 15 is 0 Å². The molecule has 132 valence electrons. The Bertz CT molecular complexity index is 622. The van der Waals surface area contributed by atoms with E-state index in [0.29, 0.717) is 43.7 Å². The van der Waals surface area contributed by atoms with Crippen LogP contribution in [0.25, 0.3) is 0 Å². The van der Waals surface area contributed by atoms with Gasteiger partial charge < -0.3 is 10.2 Å². The Labute approximate surface area is 135 Å². The summed E-state index contributed by atoms with van der Waals surface area (Å²) in [6.45, 7) is 2.08. The number of benzene rings is 1. The average Bonchev–Trinajstić information content (AvgIpc) is 3.21. The van der Waals surface area contributed by atoms with Crippen LogP contribution in [0.15, 0.2) is 24.3 Å². The highest BCUT2D eigenvalue weighted by molar-refractivity contribution is 5.88. The third-order valence-electron chi connectivity index (χ3n) is 4.65. The van der Waals surface area contributed by atoms with Gasteiger partial charge in [-0.15, -0.1) is 0 Å². The molecule has 8 heteroatoms. The molecule has 1 atom stereocenters. The van der Waals surface area contributed by atoms with Crippen LogP contribution in [-0.4, -0.2) is 42.2 Å². The van der Waals surface area contributed by atoms with Gasteiger partial charge in [0.2, 0.25) is 0 Å². The molecule has 24 heavy (non-hydrogen) atoms. The van der Waals surface area contributed by atoms with Crippen molar-refractivity contribution in [1.29, 1.82) is 0 Å². The number of carbonyl (C=O) groups is 1. The van der Waals surface area contributed by atoms with Crippen molar-refractivity contribution in [2.24, 2.45) is 0 Å². The quantitative estimate of drug-likeness (QED) is 0.830. The van der Waals surface area contributed by atoms with Crippen LogP contribution in [0.3, 0.4) is 0 Å². The van der Waals surface area contributed by atoms with Crippen LogP contribution in [0.5, 0.6) is 0 Å². The average molecular weight is 348 g/mol. The number of nitrogens with zero attached hydrogens (tertiary/aromatic N) is 1. The SMILES string of the molecule is O=C(NC1(CN2CCC2)CC1)C(F)(c1ccc(F)cc1)C(F)(F)F. The van der Waals surface area contributed by atoms with Gasteiger partial charge in [0.1, 0.15) is 5.82 Å². The van der Waals surface area contributed by atoms with Gasteiger partial charge >= 0.3 is 11.8 Å². The highest BCUT2D eigenvalue weighted by Crippen LogP contribution is 2.45. The number of rotatable bonds is 5. The summed E-state index contributed by atoms with van der Waals surface area (Å²) >= 11 is 0. The number of amides is 1. The lowest BCUT2D eigenvalue weighted by molar-refractivity contribution is -0.231. The van der Waals surface area contributed by atoms with Gasteiger partial charge in [0.15, 0.2) is 0 Å². The van der Waals surface area contributed by atoms with E-state index in [1.54, 1.807) is 0 Å². The summed E-state index contributed by atoms with van der Waals surface area (Å²) in [5, 5.41) is 2.26. The zero-order valence-corrected chi connectivity index (χ0v) is 12.8. The van der Waals surface area contributed by atoms with Crippen molar-refractivity contribution in [3.05, 3.63) is 35.6 Å². The van der Waals surface area contributed by atoms with Gasteiger partial charge in [-0.3, -0.25) is 4.79 Å². The number of likely N-dealkylation sites (tertiary alicyclic amines) is 1. The number of hydrogen-bond acceptors (Lipinski definition) is 2. The molecule has 1 aromatic carbocycles. The van der Waals surface area contributed by atoms with Crippen LogP contribution in [0.2, 0.25) is 0 Å². The molecule has 1 saturated carbocycles. The van der Waals surface area contributed by atoms with Crippen LogP contribution in [-0.2, 0) is 10.5 Å². The lowest BCUT2D eigenvalue weighted by Crippen LogP contribution is -2.57. The van der Waals surface area contributed by atoms with Crippen LogP contribution < -0.4 is 5.32 Å². The molecule has 1 aromatic rings. The summed E-state index contributed by atoms with van der Waals surface area (Å²) in [5.74, 6) is -2.54. The maximum Gasteiger partial charge on any atom is 0.436 e. The number of carbonyl (C=O) groups excluding carboxylic acids is 1. The minimum atomic E-state index is -5.44. The van der Waals surface area contributed by atoms with Crippen LogP contribution >= 0.6 is 0 Å². The fraction of sp³-hybridized carbons (Fsp3) is 0.562. The molecule has 0 aromatic heterocycles. The first-order valence-corrected chi connectivity index (χ1v) is 7.73. The molecule has 0 bridgehead atoms. The normalized spacial score (nSPS) is 22.4. The highest BCUT2D eigenvalue weighted by Gasteiger charge is 2.64. The van der Waals surface area contributed by atoms with Gasteiger partial charge in [-0.25, -0.2) is 8.78 Å². The van der Waals surface area contributed by atoms with Crippen molar-refractivity contribution in [3.8, 4) is 0 Å². The Kier molecular flexibility index (Phi) is 4.06. The smallest absolute Gasteiger partial charge is 0.346 e. The molecular formula is C16H17F5N2O. The zero-order valence-electron chi connectivity index (χ0n) is 12.8. The summed E-state index contributed by atoms with van der Waals surface area (Å²) in [7, 11) is 0. The van der Waals surface area contributed by atoms with E-state index in [2.05, 4.69) is 5.32 Å². The molecule has 1 saturated heterocycles. The number of halogens is 5. The van der Waals surface area contributed by atoms with Crippen LogP contribution in [0.1, 0.15) is 24.8 Å². The first-order chi connectivity index (χ1) is 11.2. The molecule has 1 heterocycles. The van der Waals surface area contributed by atoms with Gasteiger partial charge in [0, 0.05) is 12.1 Å². The Morgan fingerprint density at radius 3 is 2.12 bits per heavy atom. The predicted octanol–water partition coefficient (Wildman–Crippen LogP) is 2.91. The molecule has 1 amide bonds. The molecule has 3 nitrogen and oxygen atoms in total. The third kappa shape index (κ3) is 2.99. The Hall–Kier alpha value is -1.70. The van der Waals surface area contributed by atoms with E-state index in [1.165, 1.54) is 0 Å². The monoisotopic (exact) mass is 348 g/mol. The second-order valence-electron chi connectivity index (χ2n) is 6.53. The van der Waals surface area contributed by atoms with Gasteiger partial charge in [-0.1, -0.05) is 12.1 Å². The summed E-state index contributed by atoms with van der Waals surface area (Å²) < 4.78 is 67.8. The zero-order chi connectivity index (χ0) is 17.6. The second kappa shape index (κ2) is 5.68. The van der Waals surface area contributed by atoms with Crippen molar-refractivity contribution < 1.29 is 26.7 Å². The highest BCUT2D eigenvalue weighted by atomic mass is 19.4. The van der Waals surface area contributed by atoms with E-state index in [0.717, 1.165) is 19.5 Å². The van der Waals surface area contributed by atoms with Crippen molar-refractivity contribution in [2.45, 2.75) is 36.6 Å². The van der Waals surface area contributed by atoms with E-state index < -0.39 is 34.7 Å². The molecule has 0 spiro atoms. The van der Waals surface area contributed by atoms with Gasteiger partial charge in [-0.2, -0.15) is 13.2 Å². The molecule has 1 aliphatic carbocycles. The Morgan fingerprint density at radius 2 is 1.71 bits per heavy atom. The molecule has 1 unspecified atom stereocenters. The minimum absolute atomic E-state index is 0.427. The number of alkyl halides is 4. The van der Waals surface area contributed by atoms with Gasteiger partial charge in [0.25, 0.3) is 5.91 Å². The summed E-state index contributed by atoms with van der Waals surface area (Å²) in [6, 6.07) is 2.71. The largest absolute Gasteiger partial charge is 0.436 e. The standard InChI is InChI=1S/C16H17F5N2O/c17-12-4-2-11(3-5-12)15(18,16(19,20)21)13(24)22-14(6-7-14)10-23-8-1-9-23/h2-5H,1,6-10H2,(H,22,24). The molecular weight excluding hydrogens is 331 g/mol. The van der Waals surface area contributed by atoms with E-state index in [-0.39, 0.29) is 0 Å². The van der Waals surface area contributed by atoms with Crippen LogP contribution in [0, 0.1) is 5.82 Å². The summed E-state index contributed by atoms with van der Waals surface area (Å²) in [4.78, 5) is 14.2. The molecule has 1 N–H and O–H groups in total. The summed E-state index contributed by atoms with van der Waals surface area (Å²) in [6.07, 6.45) is -3.39. The maximum atomic E-state index is 14.9. The van der Waals surface area contributed by atoms with Crippen molar-refractivity contribution in [3.63, 3.8) is 0 Å². The lowest BCUT2D eigenvalue weighted by atomic mass is 9.93. The molecule has 2 aliphatic rings. The van der Waals surface area contributed by atoms with Crippen molar-refractivity contribution in [1.82, 2.24) is 10.2 Å². The third-order valence-corrected chi connectivity index (χ3v) is 4.65. The molecule has 0 radical (unpaired) electrons. The lowest BCUT2D eigenvalue weighted by Gasteiger charge is -2.36. The molecule has 1 aliphatic heterocycles. The van der Waals surface area contributed by atoms with Gasteiger partial charge in [0.05, 0.1) is 5.54 Å². The topological polar surface area (TPSA) is 32.3 Å².